The fraction of sp³-hybridized carbons (Fsp3) is 0.333. The third-order valence-corrected chi connectivity index (χ3v) is 5.27. The van der Waals surface area contributed by atoms with Crippen LogP contribution in [0.5, 0.6) is 0 Å². The first kappa shape index (κ1) is 19.0. The molecule has 1 amide bonds. The Bertz CT molecular complexity index is 827. The zero-order valence-electron chi connectivity index (χ0n) is 14.2. The smallest absolute Gasteiger partial charge is 0.256 e. The van der Waals surface area contributed by atoms with Gasteiger partial charge in [0.05, 0.1) is 36.2 Å². The van der Waals surface area contributed by atoms with Gasteiger partial charge in [-0.1, -0.05) is 6.92 Å². The summed E-state index contributed by atoms with van der Waals surface area (Å²) >= 11 is 2.03. The summed E-state index contributed by atoms with van der Waals surface area (Å²) in [5.41, 5.74) is 5.91. The number of amides is 1. The quantitative estimate of drug-likeness (QED) is 0.585. The number of carbonyl (C=O) groups excluding carboxylic acids is 1. The number of anilines is 2. The molecule has 0 saturated carbocycles. The lowest BCUT2D eigenvalue weighted by Crippen LogP contribution is -2.70. The third kappa shape index (κ3) is 3.67. The number of nitrogens with one attached hydrogen (secondary N) is 1. The summed E-state index contributed by atoms with van der Waals surface area (Å²) in [5, 5.41) is 13.3. The van der Waals surface area contributed by atoms with Gasteiger partial charge in [0.1, 0.15) is 11.4 Å². The van der Waals surface area contributed by atoms with E-state index >= 15 is 0 Å². The lowest BCUT2D eigenvalue weighted by molar-refractivity contribution is -0.0971. The monoisotopic (exact) mass is 470 g/mol. The van der Waals surface area contributed by atoms with Crippen LogP contribution in [0.25, 0.3) is 0 Å². The van der Waals surface area contributed by atoms with Crippen molar-refractivity contribution in [1.82, 2.24) is 9.88 Å². The molecule has 8 heteroatoms. The van der Waals surface area contributed by atoms with Crippen molar-refractivity contribution in [3.8, 4) is 0 Å². The Kier molecular flexibility index (Phi) is 5.44. The maximum Gasteiger partial charge on any atom is 0.256 e. The molecule has 3 rings (SSSR count). The number of benzene rings is 1. The van der Waals surface area contributed by atoms with Gasteiger partial charge in [-0.25, -0.2) is 4.39 Å². The number of pyridine rings is 1. The summed E-state index contributed by atoms with van der Waals surface area (Å²) < 4.78 is 14.9. The van der Waals surface area contributed by atoms with E-state index in [2.05, 4.69) is 10.3 Å². The lowest BCUT2D eigenvalue weighted by atomic mass is 9.84. The van der Waals surface area contributed by atoms with Crippen molar-refractivity contribution in [2.24, 2.45) is 5.73 Å². The Morgan fingerprint density at radius 1 is 1.46 bits per heavy atom. The van der Waals surface area contributed by atoms with Gasteiger partial charge in [0.15, 0.2) is 0 Å². The Morgan fingerprint density at radius 2 is 2.19 bits per heavy atom. The first-order valence-electron chi connectivity index (χ1n) is 8.27. The molecule has 1 aliphatic rings. The number of aliphatic hydroxyl groups is 1. The Morgan fingerprint density at radius 3 is 2.85 bits per heavy atom. The number of rotatable bonds is 5. The summed E-state index contributed by atoms with van der Waals surface area (Å²) in [7, 11) is 0. The SMILES string of the molecule is CC[C@H](N)C1(O)CN(C(=O)c2ccncc2Nc2ccc(I)cc2F)C1. The summed E-state index contributed by atoms with van der Waals surface area (Å²) in [6.07, 6.45) is 3.62. The Labute approximate surface area is 164 Å². The lowest BCUT2D eigenvalue weighted by Gasteiger charge is -2.49. The van der Waals surface area contributed by atoms with Gasteiger partial charge in [0.25, 0.3) is 5.91 Å². The first-order valence-corrected chi connectivity index (χ1v) is 9.35. The highest BCUT2D eigenvalue weighted by Crippen LogP contribution is 2.30. The molecule has 1 atom stereocenters. The van der Waals surface area contributed by atoms with Crippen molar-refractivity contribution >= 4 is 39.9 Å². The van der Waals surface area contributed by atoms with E-state index in [9.17, 15) is 14.3 Å². The van der Waals surface area contributed by atoms with Gasteiger partial charge < -0.3 is 21.1 Å². The van der Waals surface area contributed by atoms with E-state index in [4.69, 9.17) is 5.73 Å². The van der Waals surface area contributed by atoms with Gasteiger partial charge in [-0.05, 0) is 53.3 Å². The topological polar surface area (TPSA) is 91.5 Å². The van der Waals surface area contributed by atoms with Gasteiger partial charge in [-0.15, -0.1) is 0 Å². The van der Waals surface area contributed by atoms with Gasteiger partial charge in [-0.3, -0.25) is 9.78 Å². The first-order chi connectivity index (χ1) is 12.3. The molecule has 1 aliphatic heterocycles. The van der Waals surface area contributed by atoms with Crippen LogP contribution in [-0.4, -0.2) is 45.6 Å². The fourth-order valence-corrected chi connectivity index (χ4v) is 3.41. The fourth-order valence-electron chi connectivity index (χ4n) is 2.96. The minimum absolute atomic E-state index is 0.181. The van der Waals surface area contributed by atoms with Crippen molar-refractivity contribution in [3.05, 3.63) is 51.6 Å². The van der Waals surface area contributed by atoms with Crippen molar-refractivity contribution in [2.45, 2.75) is 25.0 Å². The van der Waals surface area contributed by atoms with Crippen LogP contribution in [0.1, 0.15) is 23.7 Å². The maximum atomic E-state index is 14.1. The van der Waals surface area contributed by atoms with Crippen molar-refractivity contribution in [1.29, 1.82) is 0 Å². The minimum atomic E-state index is -1.05. The molecule has 1 aromatic heterocycles. The van der Waals surface area contributed by atoms with Crippen LogP contribution < -0.4 is 11.1 Å². The Balaban J connectivity index is 1.79. The van der Waals surface area contributed by atoms with Gasteiger partial charge in [-0.2, -0.15) is 0 Å². The van der Waals surface area contributed by atoms with E-state index in [-0.39, 0.29) is 30.7 Å². The van der Waals surface area contributed by atoms with Crippen molar-refractivity contribution in [3.63, 3.8) is 0 Å². The van der Waals surface area contributed by atoms with Gasteiger partial charge in [0.2, 0.25) is 0 Å². The number of aromatic nitrogens is 1. The number of nitrogens with zero attached hydrogens (tertiary/aromatic N) is 2. The number of hydrogen-bond acceptors (Lipinski definition) is 5. The van der Waals surface area contributed by atoms with E-state index in [1.807, 2.05) is 29.5 Å². The van der Waals surface area contributed by atoms with Crippen LogP contribution in [0.4, 0.5) is 15.8 Å². The molecule has 4 N–H and O–H groups in total. The van der Waals surface area contributed by atoms with Crippen molar-refractivity contribution in [2.75, 3.05) is 18.4 Å². The van der Waals surface area contributed by atoms with Crippen LogP contribution in [0, 0.1) is 9.39 Å². The molecule has 26 heavy (non-hydrogen) atoms. The van der Waals surface area contributed by atoms with Crippen LogP contribution in [0.2, 0.25) is 0 Å². The van der Waals surface area contributed by atoms with Gasteiger partial charge >= 0.3 is 0 Å². The van der Waals surface area contributed by atoms with Crippen molar-refractivity contribution < 1.29 is 14.3 Å². The van der Waals surface area contributed by atoms with E-state index in [0.717, 1.165) is 3.57 Å². The molecule has 1 aromatic carbocycles. The summed E-state index contributed by atoms with van der Waals surface area (Å²) in [4.78, 5) is 18.3. The highest BCUT2D eigenvalue weighted by atomic mass is 127. The molecule has 2 aromatic rings. The molecule has 138 valence electrons. The molecule has 6 nitrogen and oxygen atoms in total. The number of β-amino-alcohol motifs (C(OH)–C–C–N with tert-alkyl or cyclic N) is 1. The summed E-state index contributed by atoms with van der Waals surface area (Å²) in [5.74, 6) is -0.666. The van der Waals surface area contributed by atoms with E-state index in [0.29, 0.717) is 17.7 Å². The summed E-state index contributed by atoms with van der Waals surface area (Å²) in [6.45, 7) is 2.26. The molecule has 0 unspecified atom stereocenters. The van der Waals surface area contributed by atoms with Crippen LogP contribution in [0.3, 0.4) is 0 Å². The normalized spacial score (nSPS) is 16.7. The number of likely N-dealkylation sites (tertiary alicyclic amines) is 1. The van der Waals surface area contributed by atoms with E-state index in [1.165, 1.54) is 23.4 Å². The predicted octanol–water partition coefficient (Wildman–Crippen LogP) is 2.49. The van der Waals surface area contributed by atoms with Crippen LogP contribution in [-0.2, 0) is 0 Å². The second-order valence-electron chi connectivity index (χ2n) is 6.45. The molecule has 0 spiro atoms. The molecule has 0 aliphatic carbocycles. The van der Waals surface area contributed by atoms with E-state index in [1.54, 1.807) is 18.2 Å². The van der Waals surface area contributed by atoms with E-state index < -0.39 is 11.4 Å². The Hall–Kier alpha value is -1.78. The third-order valence-electron chi connectivity index (χ3n) is 4.60. The second-order valence-corrected chi connectivity index (χ2v) is 7.70. The second kappa shape index (κ2) is 7.45. The van der Waals surface area contributed by atoms with Crippen LogP contribution in [0.15, 0.2) is 36.7 Å². The van der Waals surface area contributed by atoms with Gasteiger partial charge in [0, 0.05) is 15.8 Å². The molecule has 0 bridgehead atoms. The molecule has 1 fully saturated rings. The molecular weight excluding hydrogens is 450 g/mol. The highest BCUT2D eigenvalue weighted by molar-refractivity contribution is 14.1. The number of halogens is 2. The zero-order valence-corrected chi connectivity index (χ0v) is 16.4. The molecule has 2 heterocycles. The largest absolute Gasteiger partial charge is 0.385 e. The van der Waals surface area contributed by atoms with Crippen LogP contribution >= 0.6 is 22.6 Å². The number of carbonyl (C=O) groups is 1. The zero-order chi connectivity index (χ0) is 18.9. The summed E-state index contributed by atoms with van der Waals surface area (Å²) in [6, 6.07) is 5.99. The molecular formula is C18H20FIN4O2. The maximum absolute atomic E-state index is 14.1. The number of nitrogens with two attached hydrogens (primary N) is 1. The number of hydrogen-bond donors (Lipinski definition) is 3. The average Bonchev–Trinajstić information content (AvgIpc) is 2.60. The standard InChI is InChI=1S/C18H20FIN4O2/c1-2-16(21)18(26)9-24(10-18)17(25)12-5-6-22-8-15(12)23-14-4-3-11(20)7-13(14)19/h3-8,16,23,26H,2,9-10,21H2,1H3/t16-/m0/s1. The average molecular weight is 470 g/mol. The predicted molar refractivity (Wildman–Crippen MR) is 106 cm³/mol. The minimum Gasteiger partial charge on any atom is -0.385 e. The molecule has 0 radical (unpaired) electrons. The highest BCUT2D eigenvalue weighted by Gasteiger charge is 2.47. The molecule has 1 saturated heterocycles.